The molecule has 0 saturated heterocycles. The summed E-state index contributed by atoms with van der Waals surface area (Å²) in [7, 11) is -2.20. The van der Waals surface area contributed by atoms with Crippen molar-refractivity contribution in [3.63, 3.8) is 0 Å². The minimum Gasteiger partial charge on any atom is -0.389 e. The minimum absolute atomic E-state index is 0.323. The fourth-order valence-electron chi connectivity index (χ4n) is 4.32. The lowest BCUT2D eigenvalue weighted by Gasteiger charge is -2.31. The number of rotatable bonds is 3. The molecule has 0 radical (unpaired) electrons. The van der Waals surface area contributed by atoms with Gasteiger partial charge in [-0.2, -0.15) is 0 Å². The zero-order chi connectivity index (χ0) is 12.6. The van der Waals surface area contributed by atoms with Crippen molar-refractivity contribution in [3.8, 4) is 0 Å². The van der Waals surface area contributed by atoms with E-state index in [1.807, 2.05) is 6.08 Å². The van der Waals surface area contributed by atoms with Gasteiger partial charge in [-0.1, -0.05) is 25.7 Å². The van der Waals surface area contributed by atoms with Crippen LogP contribution in [0, 0.1) is 0 Å². The molecule has 2 saturated carbocycles. The molecule has 1 N–H and O–H groups in total. The van der Waals surface area contributed by atoms with E-state index < -0.39 is 7.14 Å². The molecule has 0 spiro atoms. The second kappa shape index (κ2) is 5.13. The van der Waals surface area contributed by atoms with Crippen molar-refractivity contribution in [2.45, 2.75) is 81.6 Å². The van der Waals surface area contributed by atoms with Gasteiger partial charge in [0, 0.05) is 11.3 Å². The molecule has 3 aliphatic carbocycles. The number of allylic oxidation sites excluding steroid dienone is 1. The average molecular weight is 268 g/mol. The predicted molar refractivity (Wildman–Crippen MR) is 75.4 cm³/mol. The van der Waals surface area contributed by atoms with E-state index in [9.17, 15) is 9.67 Å². The molecule has 102 valence electrons. The normalized spacial score (nSPS) is 31.2. The Balaban J connectivity index is 1.91. The van der Waals surface area contributed by atoms with Crippen LogP contribution in [-0.4, -0.2) is 22.5 Å². The first-order valence-corrected chi connectivity index (χ1v) is 9.54. The molecule has 3 rings (SSSR count). The van der Waals surface area contributed by atoms with Gasteiger partial charge < -0.3 is 9.67 Å². The summed E-state index contributed by atoms with van der Waals surface area (Å²) in [5, 5.41) is 10.9. The van der Waals surface area contributed by atoms with E-state index >= 15 is 0 Å². The summed E-state index contributed by atoms with van der Waals surface area (Å²) in [6.45, 7) is 0. The van der Waals surface area contributed by atoms with Crippen molar-refractivity contribution >= 4 is 7.14 Å². The summed E-state index contributed by atoms with van der Waals surface area (Å²) in [5.41, 5.74) is 0.911. The molecular weight excluding hydrogens is 243 g/mol. The maximum Gasteiger partial charge on any atom is 0.117 e. The van der Waals surface area contributed by atoms with E-state index in [1.54, 1.807) is 0 Å². The molecule has 1 unspecified atom stereocenters. The first-order chi connectivity index (χ1) is 8.71. The van der Waals surface area contributed by atoms with E-state index in [0.717, 1.165) is 12.8 Å². The van der Waals surface area contributed by atoms with Crippen LogP contribution >= 0.6 is 7.14 Å². The quantitative estimate of drug-likeness (QED) is 0.776. The van der Waals surface area contributed by atoms with Crippen LogP contribution in [0.25, 0.3) is 0 Å². The summed E-state index contributed by atoms with van der Waals surface area (Å²) in [6.07, 6.45) is 13.0. The Labute approximate surface area is 110 Å². The van der Waals surface area contributed by atoms with Crippen molar-refractivity contribution in [1.82, 2.24) is 0 Å². The first-order valence-electron chi connectivity index (χ1n) is 7.70. The average Bonchev–Trinajstić information content (AvgIpc) is 3.11. The number of aliphatic hydroxyl groups excluding tert-OH is 1. The zero-order valence-electron chi connectivity index (χ0n) is 11.2. The lowest BCUT2D eigenvalue weighted by atomic mass is 10.3. The van der Waals surface area contributed by atoms with Gasteiger partial charge >= 0.3 is 0 Å². The molecule has 0 aromatic heterocycles. The third-order valence-corrected chi connectivity index (χ3v) is 9.74. The Morgan fingerprint density at radius 2 is 1.44 bits per heavy atom. The third kappa shape index (κ3) is 2.12. The van der Waals surface area contributed by atoms with Crippen LogP contribution in [0.4, 0.5) is 0 Å². The molecule has 2 nitrogen and oxygen atoms in total. The fraction of sp³-hybridized carbons (Fsp3) is 0.867. The van der Waals surface area contributed by atoms with Crippen LogP contribution in [0.3, 0.4) is 0 Å². The van der Waals surface area contributed by atoms with Crippen molar-refractivity contribution in [2.75, 3.05) is 0 Å². The van der Waals surface area contributed by atoms with Gasteiger partial charge in [-0.3, -0.25) is 0 Å². The molecule has 3 aliphatic rings. The van der Waals surface area contributed by atoms with E-state index in [0.29, 0.717) is 11.3 Å². The van der Waals surface area contributed by atoms with Crippen LogP contribution in [-0.2, 0) is 4.57 Å². The molecule has 0 aliphatic heterocycles. The Morgan fingerprint density at radius 3 is 1.83 bits per heavy atom. The Kier molecular flexibility index (Phi) is 3.69. The highest BCUT2D eigenvalue weighted by Gasteiger charge is 2.45. The molecule has 0 heterocycles. The van der Waals surface area contributed by atoms with Crippen LogP contribution < -0.4 is 0 Å². The van der Waals surface area contributed by atoms with Gasteiger partial charge in [0.1, 0.15) is 7.14 Å². The lowest BCUT2D eigenvalue weighted by molar-refractivity contribution is 0.223. The monoisotopic (exact) mass is 268 g/mol. The van der Waals surface area contributed by atoms with Crippen molar-refractivity contribution in [3.05, 3.63) is 11.4 Å². The highest BCUT2D eigenvalue weighted by molar-refractivity contribution is 7.69. The van der Waals surface area contributed by atoms with E-state index in [4.69, 9.17) is 0 Å². The van der Waals surface area contributed by atoms with Crippen molar-refractivity contribution in [1.29, 1.82) is 0 Å². The maximum atomic E-state index is 13.8. The van der Waals surface area contributed by atoms with E-state index in [2.05, 4.69) is 0 Å². The lowest BCUT2D eigenvalue weighted by Crippen LogP contribution is -2.15. The minimum atomic E-state index is -2.20. The largest absolute Gasteiger partial charge is 0.389 e. The van der Waals surface area contributed by atoms with Crippen molar-refractivity contribution < 1.29 is 9.67 Å². The van der Waals surface area contributed by atoms with Gasteiger partial charge in [0.25, 0.3) is 0 Å². The highest BCUT2D eigenvalue weighted by Crippen LogP contribution is 2.70. The summed E-state index contributed by atoms with van der Waals surface area (Å²) in [4.78, 5) is 0. The van der Waals surface area contributed by atoms with Gasteiger partial charge in [-0.15, -0.1) is 0 Å². The SMILES string of the molecule is O=P(C1=CC(O)CC1)(C1CCCC1)C1CCCC1. The number of aliphatic hydroxyl groups is 1. The molecular formula is C15H25O2P. The molecule has 0 bridgehead atoms. The Bertz CT molecular complexity index is 356. The zero-order valence-corrected chi connectivity index (χ0v) is 12.1. The summed E-state index contributed by atoms with van der Waals surface area (Å²) in [5.74, 6) is 0. The Hall–Kier alpha value is -0.0700. The molecule has 2 fully saturated rings. The molecule has 0 aromatic carbocycles. The Morgan fingerprint density at radius 1 is 0.944 bits per heavy atom. The topological polar surface area (TPSA) is 37.3 Å². The third-order valence-electron chi connectivity index (χ3n) is 5.26. The fourth-order valence-corrected chi connectivity index (χ4v) is 9.00. The molecule has 3 heteroatoms. The molecule has 0 aromatic rings. The number of hydrogen-bond donors (Lipinski definition) is 1. The predicted octanol–water partition coefficient (Wildman–Crippen LogP) is 4.27. The molecule has 18 heavy (non-hydrogen) atoms. The van der Waals surface area contributed by atoms with Gasteiger partial charge in [0.2, 0.25) is 0 Å². The van der Waals surface area contributed by atoms with Crippen LogP contribution in [0.5, 0.6) is 0 Å². The van der Waals surface area contributed by atoms with Crippen LogP contribution in [0.1, 0.15) is 64.2 Å². The molecule has 0 amide bonds. The summed E-state index contributed by atoms with van der Waals surface area (Å²) >= 11 is 0. The van der Waals surface area contributed by atoms with Gasteiger partial charge in [0.15, 0.2) is 0 Å². The van der Waals surface area contributed by atoms with E-state index in [-0.39, 0.29) is 6.10 Å². The second-order valence-corrected chi connectivity index (χ2v) is 9.80. The van der Waals surface area contributed by atoms with Gasteiger partial charge in [0.05, 0.1) is 6.10 Å². The van der Waals surface area contributed by atoms with Crippen molar-refractivity contribution in [2.24, 2.45) is 0 Å². The second-order valence-electron chi connectivity index (χ2n) is 6.35. The smallest absolute Gasteiger partial charge is 0.117 e. The van der Waals surface area contributed by atoms with Crippen LogP contribution in [0.15, 0.2) is 11.4 Å². The molecule has 1 atom stereocenters. The standard InChI is InChI=1S/C15H25O2P/c16-12-9-10-15(11-12)18(17,13-5-1-2-6-13)14-7-3-4-8-14/h11-14,16H,1-10H2. The highest BCUT2D eigenvalue weighted by atomic mass is 31.2. The van der Waals surface area contributed by atoms with Gasteiger partial charge in [-0.25, -0.2) is 0 Å². The van der Waals surface area contributed by atoms with E-state index in [1.165, 1.54) is 56.7 Å². The summed E-state index contributed by atoms with van der Waals surface area (Å²) < 4.78 is 13.8. The summed E-state index contributed by atoms with van der Waals surface area (Å²) in [6, 6.07) is 0. The van der Waals surface area contributed by atoms with Crippen LogP contribution in [0.2, 0.25) is 0 Å². The maximum absolute atomic E-state index is 13.8. The number of hydrogen-bond acceptors (Lipinski definition) is 2. The van der Waals surface area contributed by atoms with Gasteiger partial charge in [-0.05, 0) is 49.9 Å². The first kappa shape index (κ1) is 12.9.